The fraction of sp³-hybridized carbons (Fsp3) is 0.364. The van der Waals surface area contributed by atoms with Crippen molar-refractivity contribution in [1.82, 2.24) is 4.90 Å². The third-order valence-electron chi connectivity index (χ3n) is 4.11. The summed E-state index contributed by atoms with van der Waals surface area (Å²) in [5.74, 6) is 0.460. The predicted octanol–water partition coefficient (Wildman–Crippen LogP) is 5.28. The van der Waals surface area contributed by atoms with Crippen LogP contribution in [-0.4, -0.2) is 43.0 Å². The SMILES string of the molecule is CCCN(CC(=O)Nc1ccc(Cl)cc1Cl)C(=O)c1ccc(OCC)c(OCC)c1. The van der Waals surface area contributed by atoms with Crippen molar-refractivity contribution < 1.29 is 19.1 Å². The largest absolute Gasteiger partial charge is 0.490 e. The molecule has 0 saturated carbocycles. The van der Waals surface area contributed by atoms with E-state index in [9.17, 15) is 9.59 Å². The summed E-state index contributed by atoms with van der Waals surface area (Å²) in [6.07, 6.45) is 0.704. The van der Waals surface area contributed by atoms with Crippen LogP contribution < -0.4 is 14.8 Å². The van der Waals surface area contributed by atoms with Gasteiger partial charge >= 0.3 is 0 Å². The van der Waals surface area contributed by atoms with Crippen LogP contribution in [0.3, 0.4) is 0 Å². The van der Waals surface area contributed by atoms with Gasteiger partial charge in [0.05, 0.1) is 23.9 Å². The number of hydrogen-bond donors (Lipinski definition) is 1. The minimum absolute atomic E-state index is 0.108. The second kappa shape index (κ2) is 11.7. The van der Waals surface area contributed by atoms with Crippen LogP contribution in [0.2, 0.25) is 10.0 Å². The second-order valence-corrected chi connectivity index (χ2v) is 7.27. The molecule has 2 rings (SSSR count). The Balaban J connectivity index is 2.17. The molecular weight excluding hydrogens is 427 g/mol. The average molecular weight is 453 g/mol. The summed E-state index contributed by atoms with van der Waals surface area (Å²) in [6.45, 7) is 6.94. The number of anilines is 1. The Kier molecular flexibility index (Phi) is 9.27. The zero-order valence-electron chi connectivity index (χ0n) is 17.3. The van der Waals surface area contributed by atoms with Crippen LogP contribution in [0.4, 0.5) is 5.69 Å². The van der Waals surface area contributed by atoms with Crippen molar-refractivity contribution in [2.75, 3.05) is 31.6 Å². The summed E-state index contributed by atoms with van der Waals surface area (Å²) >= 11 is 12.0. The third-order valence-corrected chi connectivity index (χ3v) is 4.66. The molecule has 30 heavy (non-hydrogen) atoms. The number of rotatable bonds is 10. The van der Waals surface area contributed by atoms with E-state index in [0.717, 1.165) is 0 Å². The highest BCUT2D eigenvalue weighted by atomic mass is 35.5. The van der Waals surface area contributed by atoms with E-state index in [1.165, 1.54) is 4.90 Å². The molecule has 0 heterocycles. The lowest BCUT2D eigenvalue weighted by Gasteiger charge is -2.22. The molecular formula is C22H26Cl2N2O4. The smallest absolute Gasteiger partial charge is 0.254 e. The fourth-order valence-corrected chi connectivity index (χ4v) is 3.30. The zero-order valence-corrected chi connectivity index (χ0v) is 18.8. The van der Waals surface area contributed by atoms with Gasteiger partial charge in [-0.15, -0.1) is 0 Å². The molecule has 0 fully saturated rings. The monoisotopic (exact) mass is 452 g/mol. The molecule has 0 aromatic heterocycles. The Morgan fingerprint density at radius 2 is 1.67 bits per heavy atom. The second-order valence-electron chi connectivity index (χ2n) is 6.43. The van der Waals surface area contributed by atoms with Gasteiger partial charge in [-0.3, -0.25) is 9.59 Å². The number of carbonyl (C=O) groups is 2. The lowest BCUT2D eigenvalue weighted by atomic mass is 10.1. The van der Waals surface area contributed by atoms with Crippen molar-refractivity contribution in [3.8, 4) is 11.5 Å². The van der Waals surface area contributed by atoms with Gasteiger partial charge in [0.2, 0.25) is 5.91 Å². The van der Waals surface area contributed by atoms with Crippen molar-refractivity contribution in [2.24, 2.45) is 0 Å². The Labute approximate surface area is 187 Å². The van der Waals surface area contributed by atoms with Gasteiger partial charge in [0, 0.05) is 17.1 Å². The summed E-state index contributed by atoms with van der Waals surface area (Å²) < 4.78 is 11.1. The fourth-order valence-electron chi connectivity index (χ4n) is 2.84. The standard InChI is InChI=1S/C22H26Cl2N2O4/c1-4-11-26(14-21(27)25-18-9-8-16(23)13-17(18)24)22(28)15-7-10-19(29-5-2)20(12-15)30-6-3/h7-10,12-13H,4-6,11,14H2,1-3H3,(H,25,27). The van der Waals surface area contributed by atoms with Crippen LogP contribution in [0.25, 0.3) is 0 Å². The summed E-state index contributed by atoms with van der Waals surface area (Å²) in [6, 6.07) is 9.82. The van der Waals surface area contributed by atoms with Crippen molar-refractivity contribution in [3.63, 3.8) is 0 Å². The van der Waals surface area contributed by atoms with E-state index >= 15 is 0 Å². The lowest BCUT2D eigenvalue weighted by Crippen LogP contribution is -2.38. The molecule has 0 bridgehead atoms. The molecule has 0 unspecified atom stereocenters. The highest BCUT2D eigenvalue weighted by Gasteiger charge is 2.20. The molecule has 162 valence electrons. The van der Waals surface area contributed by atoms with Gasteiger partial charge in [-0.25, -0.2) is 0 Å². The van der Waals surface area contributed by atoms with E-state index in [0.29, 0.717) is 59.0 Å². The molecule has 0 spiro atoms. The van der Waals surface area contributed by atoms with Gasteiger partial charge in [0.1, 0.15) is 6.54 Å². The zero-order chi connectivity index (χ0) is 22.1. The highest BCUT2D eigenvalue weighted by Crippen LogP contribution is 2.29. The molecule has 0 aliphatic carbocycles. The molecule has 0 saturated heterocycles. The van der Waals surface area contributed by atoms with Crippen molar-refractivity contribution >= 4 is 40.7 Å². The van der Waals surface area contributed by atoms with Gasteiger partial charge in [-0.05, 0) is 56.7 Å². The molecule has 0 radical (unpaired) electrons. The number of benzene rings is 2. The third kappa shape index (κ3) is 6.54. The molecule has 2 amide bonds. The summed E-state index contributed by atoms with van der Waals surface area (Å²) in [5.41, 5.74) is 0.863. The first-order chi connectivity index (χ1) is 14.4. The average Bonchev–Trinajstić information content (AvgIpc) is 2.71. The van der Waals surface area contributed by atoms with Crippen LogP contribution in [0.1, 0.15) is 37.6 Å². The van der Waals surface area contributed by atoms with Gasteiger partial charge in [-0.2, -0.15) is 0 Å². The predicted molar refractivity (Wildman–Crippen MR) is 120 cm³/mol. The van der Waals surface area contributed by atoms with Gasteiger partial charge in [0.15, 0.2) is 11.5 Å². The van der Waals surface area contributed by atoms with E-state index in [4.69, 9.17) is 32.7 Å². The number of halogens is 2. The highest BCUT2D eigenvalue weighted by molar-refractivity contribution is 6.36. The molecule has 8 heteroatoms. The van der Waals surface area contributed by atoms with Crippen molar-refractivity contribution in [3.05, 3.63) is 52.0 Å². The van der Waals surface area contributed by atoms with Gasteiger partial charge < -0.3 is 19.7 Å². The number of carbonyl (C=O) groups excluding carboxylic acids is 2. The first-order valence-electron chi connectivity index (χ1n) is 9.83. The van der Waals surface area contributed by atoms with E-state index in [-0.39, 0.29) is 18.4 Å². The maximum atomic E-state index is 13.1. The normalized spacial score (nSPS) is 10.4. The lowest BCUT2D eigenvalue weighted by molar-refractivity contribution is -0.116. The Morgan fingerprint density at radius 1 is 0.967 bits per heavy atom. The van der Waals surface area contributed by atoms with Gasteiger partial charge in [-0.1, -0.05) is 30.1 Å². The van der Waals surface area contributed by atoms with Gasteiger partial charge in [0.25, 0.3) is 5.91 Å². The molecule has 2 aromatic carbocycles. The summed E-state index contributed by atoms with van der Waals surface area (Å²) in [4.78, 5) is 27.1. The van der Waals surface area contributed by atoms with E-state index in [1.807, 2.05) is 20.8 Å². The van der Waals surface area contributed by atoms with Crippen molar-refractivity contribution in [2.45, 2.75) is 27.2 Å². The number of amides is 2. The molecule has 2 aromatic rings. The van der Waals surface area contributed by atoms with E-state index in [2.05, 4.69) is 5.32 Å². The number of ether oxygens (including phenoxy) is 2. The first kappa shape index (κ1) is 23.8. The first-order valence-corrected chi connectivity index (χ1v) is 10.6. The maximum absolute atomic E-state index is 13.1. The maximum Gasteiger partial charge on any atom is 0.254 e. The Morgan fingerprint density at radius 3 is 2.30 bits per heavy atom. The van der Waals surface area contributed by atoms with Crippen LogP contribution in [0, 0.1) is 0 Å². The molecule has 6 nitrogen and oxygen atoms in total. The summed E-state index contributed by atoms with van der Waals surface area (Å²) in [5, 5.41) is 3.53. The minimum Gasteiger partial charge on any atom is -0.490 e. The van der Waals surface area contributed by atoms with Crippen molar-refractivity contribution in [1.29, 1.82) is 0 Å². The molecule has 0 aliphatic heterocycles. The van der Waals surface area contributed by atoms with Crippen LogP contribution >= 0.6 is 23.2 Å². The summed E-state index contributed by atoms with van der Waals surface area (Å²) in [7, 11) is 0. The van der Waals surface area contributed by atoms with Crippen LogP contribution in [0.15, 0.2) is 36.4 Å². The topological polar surface area (TPSA) is 67.9 Å². The minimum atomic E-state index is -0.350. The quantitative estimate of drug-likeness (QED) is 0.532. The van der Waals surface area contributed by atoms with Crippen LogP contribution in [-0.2, 0) is 4.79 Å². The van der Waals surface area contributed by atoms with E-state index < -0.39 is 0 Å². The molecule has 1 N–H and O–H groups in total. The molecule has 0 atom stereocenters. The molecule has 0 aliphatic rings. The Hall–Kier alpha value is -2.44. The Bertz CT molecular complexity index is 889. The van der Waals surface area contributed by atoms with E-state index in [1.54, 1.807) is 36.4 Å². The number of nitrogens with zero attached hydrogens (tertiary/aromatic N) is 1. The van der Waals surface area contributed by atoms with Crippen LogP contribution in [0.5, 0.6) is 11.5 Å². The number of hydrogen-bond acceptors (Lipinski definition) is 4. The number of nitrogens with one attached hydrogen (secondary N) is 1.